The van der Waals surface area contributed by atoms with Gasteiger partial charge >= 0.3 is 11.6 Å². The number of rotatable bonds is 6. The minimum atomic E-state index is -1.09. The first-order valence-electron chi connectivity index (χ1n) is 10.8. The Labute approximate surface area is 179 Å². The standard InChI is InChI=1S/C24H27NO6/c1-12(2)8-18(23(27)28)25-22(26)10-16-13(3)15-9-17-14-6-4-5-7-19(14)30-21(17)11-20(15)31-24(16)29/h9,11-12,18H,4-8,10H2,1-3H3,(H,25,26)(H,27,28)/t18-/m1/s1. The third-order valence-corrected chi connectivity index (χ3v) is 6.04. The fourth-order valence-corrected chi connectivity index (χ4v) is 4.45. The number of carbonyl (C=O) groups is 2. The van der Waals surface area contributed by atoms with Gasteiger partial charge in [0.25, 0.3) is 0 Å². The maximum absolute atomic E-state index is 12.6. The first-order chi connectivity index (χ1) is 14.7. The van der Waals surface area contributed by atoms with E-state index in [1.165, 1.54) is 5.56 Å². The molecule has 1 amide bonds. The summed E-state index contributed by atoms with van der Waals surface area (Å²) >= 11 is 0. The van der Waals surface area contributed by atoms with Crippen molar-refractivity contribution >= 4 is 33.8 Å². The summed E-state index contributed by atoms with van der Waals surface area (Å²) in [6, 6.07) is 2.75. The molecule has 1 atom stereocenters. The van der Waals surface area contributed by atoms with Gasteiger partial charge in [0.15, 0.2) is 0 Å². The number of furan rings is 1. The Morgan fingerprint density at radius 3 is 2.52 bits per heavy atom. The molecule has 2 aromatic heterocycles. The highest BCUT2D eigenvalue weighted by Crippen LogP contribution is 2.35. The van der Waals surface area contributed by atoms with Crippen molar-refractivity contribution in [1.29, 1.82) is 0 Å². The number of fused-ring (bicyclic) bond motifs is 4. The van der Waals surface area contributed by atoms with Crippen molar-refractivity contribution in [2.24, 2.45) is 5.92 Å². The minimum Gasteiger partial charge on any atom is -0.480 e. The molecule has 0 aliphatic heterocycles. The van der Waals surface area contributed by atoms with Gasteiger partial charge in [0.1, 0.15) is 23.0 Å². The van der Waals surface area contributed by atoms with E-state index >= 15 is 0 Å². The third kappa shape index (κ3) is 4.09. The van der Waals surface area contributed by atoms with Gasteiger partial charge in [-0.25, -0.2) is 9.59 Å². The Kier molecular flexibility index (Phi) is 5.60. The number of carboxylic acid groups (broad SMARTS) is 1. The average molecular weight is 425 g/mol. The van der Waals surface area contributed by atoms with Crippen molar-refractivity contribution in [3.05, 3.63) is 45.0 Å². The van der Waals surface area contributed by atoms with Crippen molar-refractivity contribution < 1.29 is 23.5 Å². The van der Waals surface area contributed by atoms with Gasteiger partial charge in [-0.2, -0.15) is 0 Å². The molecule has 7 heteroatoms. The molecule has 1 aliphatic rings. The molecule has 0 fully saturated rings. The van der Waals surface area contributed by atoms with Crippen LogP contribution in [0.25, 0.3) is 21.9 Å². The van der Waals surface area contributed by atoms with Crippen molar-refractivity contribution in [3.63, 3.8) is 0 Å². The molecule has 164 valence electrons. The van der Waals surface area contributed by atoms with Crippen LogP contribution in [0.4, 0.5) is 0 Å². The second-order valence-electron chi connectivity index (χ2n) is 8.81. The van der Waals surface area contributed by atoms with E-state index in [0.29, 0.717) is 23.2 Å². The highest BCUT2D eigenvalue weighted by atomic mass is 16.4. The molecule has 3 aromatic rings. The van der Waals surface area contributed by atoms with E-state index in [2.05, 4.69) is 5.32 Å². The van der Waals surface area contributed by atoms with Crippen LogP contribution in [-0.4, -0.2) is 23.0 Å². The highest BCUT2D eigenvalue weighted by Gasteiger charge is 2.24. The Morgan fingerprint density at radius 1 is 1.10 bits per heavy atom. The van der Waals surface area contributed by atoms with Gasteiger partial charge < -0.3 is 19.3 Å². The van der Waals surface area contributed by atoms with E-state index in [1.807, 2.05) is 19.9 Å². The number of nitrogens with one attached hydrogen (secondary N) is 1. The van der Waals surface area contributed by atoms with Gasteiger partial charge in [0.05, 0.1) is 12.0 Å². The van der Waals surface area contributed by atoms with E-state index in [0.717, 1.165) is 42.2 Å². The molecule has 2 heterocycles. The van der Waals surface area contributed by atoms with Gasteiger partial charge in [-0.05, 0) is 50.2 Å². The lowest BCUT2D eigenvalue weighted by Gasteiger charge is -2.16. The third-order valence-electron chi connectivity index (χ3n) is 6.04. The fourth-order valence-electron chi connectivity index (χ4n) is 4.45. The van der Waals surface area contributed by atoms with Crippen molar-refractivity contribution in [2.75, 3.05) is 0 Å². The van der Waals surface area contributed by atoms with Gasteiger partial charge in [0.2, 0.25) is 5.91 Å². The van der Waals surface area contributed by atoms with Crippen molar-refractivity contribution in [3.8, 4) is 0 Å². The highest BCUT2D eigenvalue weighted by molar-refractivity contribution is 5.97. The van der Waals surface area contributed by atoms with Crippen LogP contribution in [0.1, 0.15) is 55.6 Å². The number of carbonyl (C=O) groups excluding carboxylic acids is 1. The zero-order valence-electron chi connectivity index (χ0n) is 18.0. The normalized spacial score (nSPS) is 14.7. The van der Waals surface area contributed by atoms with Crippen LogP contribution in [0.5, 0.6) is 0 Å². The SMILES string of the molecule is Cc1c(CC(=O)N[C@H](CC(C)C)C(=O)O)c(=O)oc2cc3oc4c(c3cc12)CCCC4. The topological polar surface area (TPSA) is 110 Å². The zero-order valence-corrected chi connectivity index (χ0v) is 18.0. The molecule has 0 saturated carbocycles. The molecule has 0 bridgehead atoms. The average Bonchev–Trinajstić information content (AvgIpc) is 3.06. The number of carboxylic acids is 1. The summed E-state index contributed by atoms with van der Waals surface area (Å²) in [4.78, 5) is 36.6. The second kappa shape index (κ2) is 8.21. The quantitative estimate of drug-likeness (QED) is 0.580. The predicted octanol–water partition coefficient (Wildman–Crippen LogP) is 3.88. The van der Waals surface area contributed by atoms with Gasteiger partial charge in [-0.15, -0.1) is 0 Å². The first-order valence-corrected chi connectivity index (χ1v) is 10.8. The number of hydrogen-bond donors (Lipinski definition) is 2. The van der Waals surface area contributed by atoms with Crippen LogP contribution < -0.4 is 10.9 Å². The molecule has 0 unspecified atom stereocenters. The number of benzene rings is 1. The second-order valence-corrected chi connectivity index (χ2v) is 8.81. The van der Waals surface area contributed by atoms with E-state index in [1.54, 1.807) is 13.0 Å². The summed E-state index contributed by atoms with van der Waals surface area (Å²) < 4.78 is 11.5. The monoisotopic (exact) mass is 425 g/mol. The predicted molar refractivity (Wildman–Crippen MR) is 116 cm³/mol. The Hall–Kier alpha value is -3.09. The molecule has 1 aliphatic carbocycles. The Bertz CT molecular complexity index is 1230. The van der Waals surface area contributed by atoms with Crippen LogP contribution in [0.15, 0.2) is 25.8 Å². The summed E-state index contributed by atoms with van der Waals surface area (Å²) in [6.07, 6.45) is 4.19. The molecular formula is C24H27NO6. The van der Waals surface area contributed by atoms with Crippen LogP contribution >= 0.6 is 0 Å². The summed E-state index contributed by atoms with van der Waals surface area (Å²) in [6.45, 7) is 5.57. The fraction of sp³-hybridized carbons (Fsp3) is 0.458. The zero-order chi connectivity index (χ0) is 22.3. The summed E-state index contributed by atoms with van der Waals surface area (Å²) in [5, 5.41) is 13.7. The first kappa shape index (κ1) is 21.2. The smallest absolute Gasteiger partial charge is 0.340 e. The molecule has 2 N–H and O–H groups in total. The number of amides is 1. The lowest BCUT2D eigenvalue weighted by atomic mass is 9.94. The molecule has 1 aromatic carbocycles. The van der Waals surface area contributed by atoms with Crippen molar-refractivity contribution in [1.82, 2.24) is 5.32 Å². The maximum atomic E-state index is 12.6. The van der Waals surface area contributed by atoms with E-state index in [9.17, 15) is 19.5 Å². The van der Waals surface area contributed by atoms with Crippen LogP contribution in [0.3, 0.4) is 0 Å². The lowest BCUT2D eigenvalue weighted by Crippen LogP contribution is -2.42. The molecule has 0 radical (unpaired) electrons. The summed E-state index contributed by atoms with van der Waals surface area (Å²) in [5.74, 6) is -0.487. The molecular weight excluding hydrogens is 398 g/mol. The lowest BCUT2D eigenvalue weighted by molar-refractivity contribution is -0.142. The van der Waals surface area contributed by atoms with E-state index in [-0.39, 0.29) is 17.9 Å². The molecule has 31 heavy (non-hydrogen) atoms. The molecule has 4 rings (SSSR count). The molecule has 7 nitrogen and oxygen atoms in total. The number of aliphatic carboxylic acids is 1. The molecule has 0 saturated heterocycles. The van der Waals surface area contributed by atoms with Crippen LogP contribution in [-0.2, 0) is 28.9 Å². The van der Waals surface area contributed by atoms with Gasteiger partial charge in [-0.3, -0.25) is 4.79 Å². The minimum absolute atomic E-state index is 0.108. The number of hydrogen-bond acceptors (Lipinski definition) is 5. The summed E-state index contributed by atoms with van der Waals surface area (Å²) in [7, 11) is 0. The maximum Gasteiger partial charge on any atom is 0.340 e. The van der Waals surface area contributed by atoms with Gasteiger partial charge in [-0.1, -0.05) is 13.8 Å². The Morgan fingerprint density at radius 2 is 1.81 bits per heavy atom. The van der Waals surface area contributed by atoms with Gasteiger partial charge in [0, 0.05) is 28.8 Å². The van der Waals surface area contributed by atoms with Crippen LogP contribution in [0, 0.1) is 12.8 Å². The summed E-state index contributed by atoms with van der Waals surface area (Å²) in [5.41, 5.74) is 2.68. The van der Waals surface area contributed by atoms with Crippen molar-refractivity contribution in [2.45, 2.75) is 65.3 Å². The Balaban J connectivity index is 1.69. The molecule has 0 spiro atoms. The largest absolute Gasteiger partial charge is 0.480 e. The number of aryl methyl sites for hydroxylation is 3. The van der Waals surface area contributed by atoms with E-state index < -0.39 is 23.5 Å². The van der Waals surface area contributed by atoms with Crippen LogP contribution in [0.2, 0.25) is 0 Å². The van der Waals surface area contributed by atoms with E-state index in [4.69, 9.17) is 8.83 Å².